The Kier molecular flexibility index (Phi) is 3.97. The number of aryl methyl sites for hydroxylation is 1. The van der Waals surface area contributed by atoms with Crippen molar-refractivity contribution in [3.63, 3.8) is 0 Å². The van der Waals surface area contributed by atoms with Crippen LogP contribution in [0.4, 0.5) is 0 Å². The van der Waals surface area contributed by atoms with E-state index in [1.165, 1.54) is 11.1 Å². The van der Waals surface area contributed by atoms with E-state index in [1.807, 2.05) is 26.4 Å². The second-order valence-electron chi connectivity index (χ2n) is 4.06. The number of nitrogens with one attached hydrogen (secondary N) is 1. The van der Waals surface area contributed by atoms with Gasteiger partial charge in [0.25, 0.3) is 0 Å². The van der Waals surface area contributed by atoms with Gasteiger partial charge < -0.3 is 9.88 Å². The Morgan fingerprint density at radius 1 is 1.41 bits per heavy atom. The van der Waals surface area contributed by atoms with Crippen molar-refractivity contribution in [2.75, 3.05) is 7.05 Å². The Bertz CT molecular complexity index is 505. The summed E-state index contributed by atoms with van der Waals surface area (Å²) in [7, 11) is 1.96. The second kappa shape index (κ2) is 5.47. The monoisotopic (exact) mass is 293 g/mol. The van der Waals surface area contributed by atoms with Crippen LogP contribution in [0.1, 0.15) is 17.0 Å². The molecule has 3 nitrogen and oxygen atoms in total. The lowest BCUT2D eigenvalue weighted by Gasteiger charge is -2.09. The van der Waals surface area contributed by atoms with Gasteiger partial charge in [0.15, 0.2) is 0 Å². The highest BCUT2D eigenvalue weighted by Gasteiger charge is 2.04. The molecule has 0 aliphatic rings. The molecule has 0 unspecified atom stereocenters. The van der Waals surface area contributed by atoms with Gasteiger partial charge in [0.2, 0.25) is 0 Å². The molecule has 1 heterocycles. The molecule has 0 amide bonds. The molecular formula is C13H16BrN3. The molecule has 2 aromatic rings. The van der Waals surface area contributed by atoms with Crippen LogP contribution in [0.3, 0.4) is 0 Å². The summed E-state index contributed by atoms with van der Waals surface area (Å²) in [6.07, 6.45) is 3.84. The SMILES string of the molecule is CNCc1ccc(Cn2ccnc2C)c(Br)c1. The number of imidazole rings is 1. The highest BCUT2D eigenvalue weighted by atomic mass is 79.9. The minimum absolute atomic E-state index is 0.853. The highest BCUT2D eigenvalue weighted by molar-refractivity contribution is 9.10. The molecular weight excluding hydrogens is 278 g/mol. The van der Waals surface area contributed by atoms with Crippen molar-refractivity contribution in [1.29, 1.82) is 0 Å². The largest absolute Gasteiger partial charge is 0.331 e. The predicted octanol–water partition coefficient (Wildman–Crippen LogP) is 2.72. The quantitative estimate of drug-likeness (QED) is 0.939. The van der Waals surface area contributed by atoms with Gasteiger partial charge in [-0.05, 0) is 31.2 Å². The van der Waals surface area contributed by atoms with E-state index in [0.717, 1.165) is 23.4 Å². The molecule has 0 bridgehead atoms. The number of benzene rings is 1. The van der Waals surface area contributed by atoms with Crippen LogP contribution in [0.2, 0.25) is 0 Å². The fourth-order valence-electron chi connectivity index (χ4n) is 1.79. The van der Waals surface area contributed by atoms with Crippen LogP contribution in [0, 0.1) is 6.92 Å². The maximum Gasteiger partial charge on any atom is 0.105 e. The van der Waals surface area contributed by atoms with Crippen LogP contribution in [0.5, 0.6) is 0 Å². The fourth-order valence-corrected chi connectivity index (χ4v) is 2.34. The summed E-state index contributed by atoms with van der Waals surface area (Å²) in [6.45, 7) is 3.76. The van der Waals surface area contributed by atoms with Crippen LogP contribution in [0.25, 0.3) is 0 Å². The van der Waals surface area contributed by atoms with Gasteiger partial charge in [0.1, 0.15) is 5.82 Å². The first-order valence-electron chi connectivity index (χ1n) is 5.60. The molecule has 90 valence electrons. The molecule has 1 aromatic heterocycles. The van der Waals surface area contributed by atoms with Crippen molar-refractivity contribution in [3.8, 4) is 0 Å². The van der Waals surface area contributed by atoms with Crippen molar-refractivity contribution in [3.05, 3.63) is 52.0 Å². The van der Waals surface area contributed by atoms with Crippen LogP contribution >= 0.6 is 15.9 Å². The van der Waals surface area contributed by atoms with E-state index in [1.54, 1.807) is 0 Å². The van der Waals surface area contributed by atoms with Gasteiger partial charge in [-0.15, -0.1) is 0 Å². The summed E-state index contributed by atoms with van der Waals surface area (Å²) in [5.41, 5.74) is 2.55. The Morgan fingerprint density at radius 2 is 2.24 bits per heavy atom. The molecule has 0 atom stereocenters. The van der Waals surface area contributed by atoms with Crippen LogP contribution in [0.15, 0.2) is 35.1 Å². The molecule has 1 N–H and O–H groups in total. The van der Waals surface area contributed by atoms with E-state index in [2.05, 4.69) is 49.0 Å². The van der Waals surface area contributed by atoms with Crippen molar-refractivity contribution in [2.24, 2.45) is 0 Å². The summed E-state index contributed by atoms with van der Waals surface area (Å²) >= 11 is 3.63. The summed E-state index contributed by atoms with van der Waals surface area (Å²) in [5, 5.41) is 3.15. The lowest BCUT2D eigenvalue weighted by Crippen LogP contribution is -2.06. The van der Waals surface area contributed by atoms with Crippen molar-refractivity contribution < 1.29 is 0 Å². The molecule has 0 fully saturated rings. The average molecular weight is 294 g/mol. The van der Waals surface area contributed by atoms with E-state index in [0.29, 0.717) is 0 Å². The third kappa shape index (κ3) is 2.96. The molecule has 0 spiro atoms. The fraction of sp³-hybridized carbons (Fsp3) is 0.308. The molecule has 0 aliphatic heterocycles. The zero-order valence-corrected chi connectivity index (χ0v) is 11.7. The van der Waals surface area contributed by atoms with Gasteiger partial charge in [-0.1, -0.05) is 28.1 Å². The summed E-state index contributed by atoms with van der Waals surface area (Å²) in [4.78, 5) is 4.23. The zero-order valence-electron chi connectivity index (χ0n) is 10.1. The lowest BCUT2D eigenvalue weighted by atomic mass is 10.1. The number of hydrogen-bond acceptors (Lipinski definition) is 2. The minimum Gasteiger partial charge on any atom is -0.331 e. The number of nitrogens with zero attached hydrogens (tertiary/aromatic N) is 2. The molecule has 0 saturated heterocycles. The maximum atomic E-state index is 4.23. The second-order valence-corrected chi connectivity index (χ2v) is 4.91. The van der Waals surface area contributed by atoms with Crippen LogP contribution in [-0.4, -0.2) is 16.6 Å². The van der Waals surface area contributed by atoms with E-state index < -0.39 is 0 Å². The Balaban J connectivity index is 2.19. The topological polar surface area (TPSA) is 29.9 Å². The average Bonchev–Trinajstić information content (AvgIpc) is 2.69. The van der Waals surface area contributed by atoms with Crippen molar-refractivity contribution in [2.45, 2.75) is 20.0 Å². The molecule has 0 radical (unpaired) electrons. The molecule has 17 heavy (non-hydrogen) atoms. The highest BCUT2D eigenvalue weighted by Crippen LogP contribution is 2.20. The number of halogens is 1. The van der Waals surface area contributed by atoms with Crippen LogP contribution in [-0.2, 0) is 13.1 Å². The van der Waals surface area contributed by atoms with Crippen molar-refractivity contribution in [1.82, 2.24) is 14.9 Å². The maximum absolute atomic E-state index is 4.23. The van der Waals surface area contributed by atoms with Crippen molar-refractivity contribution >= 4 is 15.9 Å². The van der Waals surface area contributed by atoms with Gasteiger partial charge in [0.05, 0.1) is 0 Å². The zero-order chi connectivity index (χ0) is 12.3. The molecule has 1 aromatic carbocycles. The smallest absolute Gasteiger partial charge is 0.105 e. The van der Waals surface area contributed by atoms with E-state index in [4.69, 9.17) is 0 Å². The Morgan fingerprint density at radius 3 is 2.82 bits per heavy atom. The third-order valence-corrected chi connectivity index (χ3v) is 3.50. The van der Waals surface area contributed by atoms with Gasteiger partial charge in [-0.3, -0.25) is 0 Å². The molecule has 2 rings (SSSR count). The van der Waals surface area contributed by atoms with Crippen LogP contribution < -0.4 is 5.32 Å². The Labute approximate surface area is 110 Å². The van der Waals surface area contributed by atoms with E-state index >= 15 is 0 Å². The first-order chi connectivity index (χ1) is 8.20. The summed E-state index contributed by atoms with van der Waals surface area (Å²) in [5.74, 6) is 1.04. The summed E-state index contributed by atoms with van der Waals surface area (Å²) in [6, 6.07) is 6.48. The van der Waals surface area contributed by atoms with Gasteiger partial charge >= 0.3 is 0 Å². The number of aromatic nitrogens is 2. The van der Waals surface area contributed by atoms with Gasteiger partial charge in [-0.25, -0.2) is 4.98 Å². The first kappa shape index (κ1) is 12.3. The standard InChI is InChI=1S/C13H16BrN3/c1-10-16-5-6-17(10)9-12-4-3-11(8-15-2)7-13(12)14/h3-7,15H,8-9H2,1-2H3. The normalized spacial score (nSPS) is 10.8. The van der Waals surface area contributed by atoms with Gasteiger partial charge in [0, 0.05) is 30.0 Å². The third-order valence-electron chi connectivity index (χ3n) is 2.76. The number of rotatable bonds is 4. The molecule has 0 aliphatic carbocycles. The predicted molar refractivity (Wildman–Crippen MR) is 73.0 cm³/mol. The molecule has 0 saturated carbocycles. The summed E-state index contributed by atoms with van der Waals surface area (Å²) < 4.78 is 3.29. The lowest BCUT2D eigenvalue weighted by molar-refractivity contribution is 0.756. The van der Waals surface area contributed by atoms with E-state index in [9.17, 15) is 0 Å². The van der Waals surface area contributed by atoms with Gasteiger partial charge in [-0.2, -0.15) is 0 Å². The number of hydrogen-bond donors (Lipinski definition) is 1. The van der Waals surface area contributed by atoms with E-state index in [-0.39, 0.29) is 0 Å². The first-order valence-corrected chi connectivity index (χ1v) is 6.39. The minimum atomic E-state index is 0.853. The Hall–Kier alpha value is -1.13. The molecule has 4 heteroatoms.